The standard InChI is InChI=1S/C17H25NO6/c1-4-23-16(20)15-12-7-5-6-11(8-9-13(12)15)24-17(21)18(2)10-14(19)22-3/h5-6,11-13,15H,4,7-10H2,1-3H3/b6-5-/t11?,12-,13+,15+/m0/s1. The molecule has 1 saturated carbocycles. The summed E-state index contributed by atoms with van der Waals surface area (Å²) in [5, 5.41) is 0. The van der Waals surface area contributed by atoms with E-state index in [1.807, 2.05) is 19.1 Å². The second-order valence-electron chi connectivity index (χ2n) is 6.20. The molecule has 0 heterocycles. The van der Waals surface area contributed by atoms with E-state index < -0.39 is 12.1 Å². The third-order valence-corrected chi connectivity index (χ3v) is 4.59. The number of esters is 2. The molecule has 1 unspecified atom stereocenters. The Kier molecular flexibility index (Phi) is 6.23. The van der Waals surface area contributed by atoms with Crippen molar-refractivity contribution in [3.63, 3.8) is 0 Å². The highest BCUT2D eigenvalue weighted by atomic mass is 16.6. The first kappa shape index (κ1) is 18.3. The van der Waals surface area contributed by atoms with Crippen LogP contribution >= 0.6 is 0 Å². The zero-order chi connectivity index (χ0) is 17.7. The predicted molar refractivity (Wildman–Crippen MR) is 85.0 cm³/mol. The number of methoxy groups -OCH3 is 1. The molecule has 0 aliphatic heterocycles. The van der Waals surface area contributed by atoms with Crippen molar-refractivity contribution in [2.45, 2.75) is 32.3 Å². The maximum atomic E-state index is 12.0. The van der Waals surface area contributed by atoms with Gasteiger partial charge >= 0.3 is 18.0 Å². The van der Waals surface area contributed by atoms with E-state index in [4.69, 9.17) is 9.47 Å². The zero-order valence-corrected chi connectivity index (χ0v) is 14.4. The minimum absolute atomic E-state index is 0.0222. The summed E-state index contributed by atoms with van der Waals surface area (Å²) in [6.45, 7) is 2.06. The second-order valence-corrected chi connectivity index (χ2v) is 6.20. The zero-order valence-electron chi connectivity index (χ0n) is 14.4. The van der Waals surface area contributed by atoms with Gasteiger partial charge in [0.25, 0.3) is 0 Å². The number of hydrogen-bond acceptors (Lipinski definition) is 6. The van der Waals surface area contributed by atoms with Crippen LogP contribution in [-0.4, -0.2) is 56.3 Å². The van der Waals surface area contributed by atoms with E-state index in [1.165, 1.54) is 19.1 Å². The second kappa shape index (κ2) is 8.17. The number of ether oxygens (including phenoxy) is 3. The summed E-state index contributed by atoms with van der Waals surface area (Å²) in [5.41, 5.74) is 0. The van der Waals surface area contributed by atoms with E-state index in [0.29, 0.717) is 24.9 Å². The van der Waals surface area contributed by atoms with Crippen molar-refractivity contribution in [1.82, 2.24) is 4.90 Å². The van der Waals surface area contributed by atoms with Crippen molar-refractivity contribution < 1.29 is 28.6 Å². The first-order valence-corrected chi connectivity index (χ1v) is 8.29. The SMILES string of the molecule is CCOC(=O)[C@H]1[C@@H]2CCC(OC(=O)N(C)CC(=O)OC)/C=C\C[C@@H]21. The van der Waals surface area contributed by atoms with Crippen molar-refractivity contribution in [1.29, 1.82) is 0 Å². The van der Waals surface area contributed by atoms with E-state index in [2.05, 4.69) is 4.74 Å². The smallest absolute Gasteiger partial charge is 0.410 e. The van der Waals surface area contributed by atoms with Gasteiger partial charge in [-0.1, -0.05) is 6.08 Å². The molecule has 0 saturated heterocycles. The van der Waals surface area contributed by atoms with Gasteiger partial charge in [0.15, 0.2) is 0 Å². The third kappa shape index (κ3) is 4.49. The van der Waals surface area contributed by atoms with E-state index in [-0.39, 0.29) is 24.5 Å². The Morgan fingerprint density at radius 1 is 1.21 bits per heavy atom. The minimum atomic E-state index is -0.565. The molecule has 0 bridgehead atoms. The molecule has 0 radical (unpaired) electrons. The Morgan fingerprint density at radius 3 is 2.62 bits per heavy atom. The molecule has 24 heavy (non-hydrogen) atoms. The summed E-state index contributed by atoms with van der Waals surface area (Å²) >= 11 is 0. The number of allylic oxidation sites excluding steroid dienone is 1. The number of nitrogens with zero attached hydrogens (tertiary/aromatic N) is 1. The van der Waals surface area contributed by atoms with Gasteiger partial charge in [-0.3, -0.25) is 9.59 Å². The van der Waals surface area contributed by atoms with Crippen molar-refractivity contribution in [2.24, 2.45) is 17.8 Å². The van der Waals surface area contributed by atoms with Crippen LogP contribution in [0.1, 0.15) is 26.2 Å². The molecule has 2 rings (SSSR count). The molecule has 0 N–H and O–H groups in total. The fraction of sp³-hybridized carbons (Fsp3) is 0.706. The average molecular weight is 339 g/mol. The van der Waals surface area contributed by atoms with Gasteiger partial charge in [-0.05, 0) is 44.1 Å². The quantitative estimate of drug-likeness (QED) is 0.431. The fourth-order valence-electron chi connectivity index (χ4n) is 3.23. The van der Waals surface area contributed by atoms with Crippen LogP contribution in [-0.2, 0) is 23.8 Å². The van der Waals surface area contributed by atoms with Crippen LogP contribution in [0.25, 0.3) is 0 Å². The number of carbonyl (C=O) groups is 3. The number of amides is 1. The summed E-state index contributed by atoms with van der Waals surface area (Å²) in [6.07, 6.45) is 5.18. The molecule has 7 nitrogen and oxygen atoms in total. The van der Waals surface area contributed by atoms with Gasteiger partial charge in [0.05, 0.1) is 19.6 Å². The molecule has 0 spiro atoms. The monoisotopic (exact) mass is 339 g/mol. The van der Waals surface area contributed by atoms with Gasteiger partial charge in [0.2, 0.25) is 0 Å². The van der Waals surface area contributed by atoms with Crippen molar-refractivity contribution in [3.05, 3.63) is 12.2 Å². The van der Waals surface area contributed by atoms with Crippen molar-refractivity contribution in [2.75, 3.05) is 27.3 Å². The molecule has 0 aromatic heterocycles. The molecule has 1 fully saturated rings. The van der Waals surface area contributed by atoms with Gasteiger partial charge in [-0.15, -0.1) is 0 Å². The van der Waals surface area contributed by atoms with Gasteiger partial charge in [0.1, 0.15) is 12.6 Å². The van der Waals surface area contributed by atoms with Crippen LogP contribution in [0.3, 0.4) is 0 Å². The first-order valence-electron chi connectivity index (χ1n) is 8.29. The molecular weight excluding hydrogens is 314 g/mol. The molecule has 134 valence electrons. The van der Waals surface area contributed by atoms with Crippen LogP contribution in [0.4, 0.5) is 4.79 Å². The van der Waals surface area contributed by atoms with Crippen molar-refractivity contribution >= 4 is 18.0 Å². The number of hydrogen-bond donors (Lipinski definition) is 0. The van der Waals surface area contributed by atoms with Crippen LogP contribution < -0.4 is 0 Å². The lowest BCUT2D eigenvalue weighted by molar-refractivity contribution is -0.145. The van der Waals surface area contributed by atoms with Gasteiger partial charge in [0, 0.05) is 7.05 Å². The van der Waals surface area contributed by atoms with Gasteiger partial charge < -0.3 is 19.1 Å². The summed E-state index contributed by atoms with van der Waals surface area (Å²) in [4.78, 5) is 36.3. The Bertz CT molecular complexity index is 517. The molecule has 2 aliphatic carbocycles. The highest BCUT2D eigenvalue weighted by Crippen LogP contribution is 2.53. The Labute approximate surface area is 141 Å². The number of carbonyl (C=O) groups excluding carboxylic acids is 3. The topological polar surface area (TPSA) is 82.1 Å². The molecule has 1 amide bonds. The highest BCUT2D eigenvalue weighted by Gasteiger charge is 2.54. The lowest BCUT2D eigenvalue weighted by Gasteiger charge is -2.20. The summed E-state index contributed by atoms with van der Waals surface area (Å²) in [6, 6.07) is 0. The molecule has 0 aromatic carbocycles. The van der Waals surface area contributed by atoms with E-state index in [0.717, 1.165) is 12.8 Å². The van der Waals surface area contributed by atoms with Gasteiger partial charge in [-0.2, -0.15) is 0 Å². The summed E-state index contributed by atoms with van der Waals surface area (Å²) in [5.74, 6) is 0.0166. The molecule has 0 aromatic rings. The van der Waals surface area contributed by atoms with Crippen molar-refractivity contribution in [3.8, 4) is 0 Å². The van der Waals surface area contributed by atoms with E-state index in [1.54, 1.807) is 0 Å². The van der Waals surface area contributed by atoms with Crippen LogP contribution in [0.5, 0.6) is 0 Å². The number of fused-ring (bicyclic) bond motifs is 1. The summed E-state index contributed by atoms with van der Waals surface area (Å²) in [7, 11) is 2.75. The Hall–Kier alpha value is -2.05. The highest BCUT2D eigenvalue weighted by molar-refractivity contribution is 5.78. The molecular formula is C17H25NO6. The lowest BCUT2D eigenvalue weighted by atomic mass is 10.0. The fourth-order valence-corrected chi connectivity index (χ4v) is 3.23. The normalized spacial score (nSPS) is 29.3. The maximum absolute atomic E-state index is 12.0. The first-order chi connectivity index (χ1) is 11.5. The predicted octanol–water partition coefficient (Wildman–Crippen LogP) is 1.76. The van der Waals surface area contributed by atoms with E-state index in [9.17, 15) is 14.4 Å². The van der Waals surface area contributed by atoms with Crippen LogP contribution in [0, 0.1) is 17.8 Å². The average Bonchev–Trinajstić information content (AvgIpc) is 3.21. The Balaban J connectivity index is 1.83. The third-order valence-electron chi connectivity index (χ3n) is 4.59. The van der Waals surface area contributed by atoms with Gasteiger partial charge in [-0.25, -0.2) is 4.79 Å². The lowest BCUT2D eigenvalue weighted by Crippen LogP contribution is -2.35. The summed E-state index contributed by atoms with van der Waals surface area (Å²) < 4.78 is 15.1. The molecule has 7 heteroatoms. The molecule has 2 aliphatic rings. The molecule has 4 atom stereocenters. The number of likely N-dealkylation sites (N-methyl/N-ethyl adjacent to an activating group) is 1. The van der Waals surface area contributed by atoms with Crippen LogP contribution in [0.2, 0.25) is 0 Å². The Morgan fingerprint density at radius 2 is 1.96 bits per heavy atom. The van der Waals surface area contributed by atoms with E-state index >= 15 is 0 Å². The maximum Gasteiger partial charge on any atom is 0.410 e. The minimum Gasteiger partial charge on any atom is -0.468 e. The van der Waals surface area contributed by atoms with Crippen LogP contribution in [0.15, 0.2) is 12.2 Å². The largest absolute Gasteiger partial charge is 0.468 e. The number of rotatable bonds is 5.